The molecule has 1 aliphatic rings. The van der Waals surface area contributed by atoms with Gasteiger partial charge < -0.3 is 10.6 Å². The molecule has 0 saturated carbocycles. The molecular formula is C14H19N3O3. The quantitative estimate of drug-likeness (QED) is 0.655. The monoisotopic (exact) mass is 277 g/mol. The van der Waals surface area contributed by atoms with E-state index in [1.807, 2.05) is 20.8 Å². The van der Waals surface area contributed by atoms with Gasteiger partial charge in [0.15, 0.2) is 0 Å². The molecule has 2 N–H and O–H groups in total. The second-order valence-electron chi connectivity index (χ2n) is 5.65. The van der Waals surface area contributed by atoms with E-state index in [-0.39, 0.29) is 17.3 Å². The Balaban J connectivity index is 2.31. The largest absolute Gasteiger partial charge is 0.320 e. The standard InChI is InChI=1S/C14H19N3O3/c1-9-6-11(12(17(19)20)7-10(9)2)16-13(18)14(3)4-5-15-8-14/h6-7,15H,4-5,8H2,1-3H3,(H,16,18). The Kier molecular flexibility index (Phi) is 3.76. The number of carbonyl (C=O) groups excluding carboxylic acids is 1. The van der Waals surface area contributed by atoms with Crippen LogP contribution in [-0.2, 0) is 4.79 Å². The molecule has 1 atom stereocenters. The average Bonchev–Trinajstić information content (AvgIpc) is 2.81. The number of anilines is 1. The third-order valence-corrected chi connectivity index (χ3v) is 3.97. The van der Waals surface area contributed by atoms with Crippen LogP contribution >= 0.6 is 0 Å². The number of nitrogens with zero attached hydrogens (tertiary/aromatic N) is 1. The van der Waals surface area contributed by atoms with Crippen LogP contribution in [0.4, 0.5) is 11.4 Å². The predicted molar refractivity (Wildman–Crippen MR) is 76.8 cm³/mol. The van der Waals surface area contributed by atoms with Crippen molar-refractivity contribution in [3.05, 3.63) is 33.4 Å². The van der Waals surface area contributed by atoms with Gasteiger partial charge in [-0.1, -0.05) is 0 Å². The molecule has 0 aliphatic carbocycles. The third-order valence-electron chi connectivity index (χ3n) is 3.97. The van der Waals surface area contributed by atoms with E-state index in [1.54, 1.807) is 6.07 Å². The first-order valence-corrected chi connectivity index (χ1v) is 6.61. The van der Waals surface area contributed by atoms with Crippen molar-refractivity contribution in [2.75, 3.05) is 18.4 Å². The lowest BCUT2D eigenvalue weighted by atomic mass is 9.88. The number of carbonyl (C=O) groups is 1. The van der Waals surface area contributed by atoms with Crippen LogP contribution in [0.1, 0.15) is 24.5 Å². The van der Waals surface area contributed by atoms with Crippen molar-refractivity contribution in [3.63, 3.8) is 0 Å². The van der Waals surface area contributed by atoms with E-state index >= 15 is 0 Å². The summed E-state index contributed by atoms with van der Waals surface area (Å²) in [6.45, 7) is 6.94. The van der Waals surface area contributed by atoms with Crippen molar-refractivity contribution in [1.82, 2.24) is 5.32 Å². The van der Waals surface area contributed by atoms with Crippen LogP contribution in [0.5, 0.6) is 0 Å². The lowest BCUT2D eigenvalue weighted by Gasteiger charge is -2.21. The molecule has 1 fully saturated rings. The number of amides is 1. The summed E-state index contributed by atoms with van der Waals surface area (Å²) in [5.74, 6) is -0.172. The van der Waals surface area contributed by atoms with Crippen LogP contribution in [-0.4, -0.2) is 23.9 Å². The van der Waals surface area contributed by atoms with Gasteiger partial charge in [-0.05, 0) is 50.9 Å². The van der Waals surface area contributed by atoms with Gasteiger partial charge in [-0.25, -0.2) is 0 Å². The highest BCUT2D eigenvalue weighted by atomic mass is 16.6. The van der Waals surface area contributed by atoms with E-state index in [0.29, 0.717) is 6.54 Å². The molecule has 1 aromatic rings. The Morgan fingerprint density at radius 3 is 2.60 bits per heavy atom. The summed E-state index contributed by atoms with van der Waals surface area (Å²) in [6, 6.07) is 3.16. The molecular weight excluding hydrogens is 258 g/mol. The first kappa shape index (κ1) is 14.5. The molecule has 0 radical (unpaired) electrons. The van der Waals surface area contributed by atoms with Crippen molar-refractivity contribution >= 4 is 17.3 Å². The maximum absolute atomic E-state index is 12.3. The maximum atomic E-state index is 12.3. The highest BCUT2D eigenvalue weighted by Gasteiger charge is 2.37. The van der Waals surface area contributed by atoms with Gasteiger partial charge in [-0.3, -0.25) is 14.9 Å². The van der Waals surface area contributed by atoms with Crippen LogP contribution in [0.15, 0.2) is 12.1 Å². The predicted octanol–water partition coefficient (Wildman–Crippen LogP) is 2.15. The summed E-state index contributed by atoms with van der Waals surface area (Å²) in [5.41, 5.74) is 1.46. The van der Waals surface area contributed by atoms with Gasteiger partial charge in [0.2, 0.25) is 5.91 Å². The normalized spacial score (nSPS) is 21.8. The molecule has 1 aliphatic heterocycles. The highest BCUT2D eigenvalue weighted by Crippen LogP contribution is 2.31. The Morgan fingerprint density at radius 2 is 2.05 bits per heavy atom. The Bertz CT molecular complexity index is 563. The molecule has 0 bridgehead atoms. The average molecular weight is 277 g/mol. The number of aryl methyl sites for hydroxylation is 2. The lowest BCUT2D eigenvalue weighted by Crippen LogP contribution is -2.35. The topological polar surface area (TPSA) is 84.3 Å². The third kappa shape index (κ3) is 2.65. The molecule has 6 nitrogen and oxygen atoms in total. The summed E-state index contributed by atoms with van der Waals surface area (Å²) >= 11 is 0. The van der Waals surface area contributed by atoms with E-state index in [1.165, 1.54) is 6.07 Å². The summed E-state index contributed by atoms with van der Waals surface area (Å²) in [7, 11) is 0. The first-order chi connectivity index (χ1) is 9.33. The fraction of sp³-hybridized carbons (Fsp3) is 0.500. The smallest absolute Gasteiger partial charge is 0.293 e. The number of hydrogen-bond donors (Lipinski definition) is 2. The van der Waals surface area contributed by atoms with Crippen LogP contribution in [0.3, 0.4) is 0 Å². The fourth-order valence-corrected chi connectivity index (χ4v) is 2.34. The number of nitrogens with one attached hydrogen (secondary N) is 2. The Morgan fingerprint density at radius 1 is 1.40 bits per heavy atom. The van der Waals surface area contributed by atoms with Crippen molar-refractivity contribution in [1.29, 1.82) is 0 Å². The van der Waals surface area contributed by atoms with Crippen LogP contribution in [0, 0.1) is 29.4 Å². The van der Waals surface area contributed by atoms with E-state index in [4.69, 9.17) is 0 Å². The minimum atomic E-state index is -0.507. The molecule has 1 unspecified atom stereocenters. The molecule has 1 aromatic carbocycles. The Labute approximate surface area is 117 Å². The van der Waals surface area contributed by atoms with Gasteiger partial charge >= 0.3 is 0 Å². The van der Waals surface area contributed by atoms with E-state index in [9.17, 15) is 14.9 Å². The van der Waals surface area contributed by atoms with Crippen molar-refractivity contribution in [3.8, 4) is 0 Å². The van der Waals surface area contributed by atoms with E-state index < -0.39 is 10.3 Å². The van der Waals surface area contributed by atoms with Crippen LogP contribution in [0.2, 0.25) is 0 Å². The SMILES string of the molecule is Cc1cc(NC(=O)C2(C)CCNC2)c([N+](=O)[O-])cc1C. The zero-order chi connectivity index (χ0) is 14.9. The van der Waals surface area contributed by atoms with Gasteiger partial charge in [0.05, 0.1) is 10.3 Å². The highest BCUT2D eigenvalue weighted by molar-refractivity contribution is 5.97. The summed E-state index contributed by atoms with van der Waals surface area (Å²) < 4.78 is 0. The summed E-state index contributed by atoms with van der Waals surface area (Å²) in [6.07, 6.45) is 0.734. The molecule has 6 heteroatoms. The molecule has 1 amide bonds. The van der Waals surface area contributed by atoms with Gasteiger partial charge in [0, 0.05) is 12.6 Å². The zero-order valence-electron chi connectivity index (χ0n) is 11.9. The second kappa shape index (κ2) is 5.20. The second-order valence-corrected chi connectivity index (χ2v) is 5.65. The van der Waals surface area contributed by atoms with E-state index in [0.717, 1.165) is 24.1 Å². The molecule has 1 saturated heterocycles. The maximum Gasteiger partial charge on any atom is 0.293 e. The lowest BCUT2D eigenvalue weighted by molar-refractivity contribution is -0.384. The summed E-state index contributed by atoms with van der Waals surface area (Å²) in [5, 5.41) is 17.0. The number of nitro groups is 1. The van der Waals surface area contributed by atoms with Crippen molar-refractivity contribution < 1.29 is 9.72 Å². The van der Waals surface area contributed by atoms with Crippen molar-refractivity contribution in [2.24, 2.45) is 5.41 Å². The fourth-order valence-electron chi connectivity index (χ4n) is 2.34. The first-order valence-electron chi connectivity index (χ1n) is 6.61. The van der Waals surface area contributed by atoms with Gasteiger partial charge in [0.1, 0.15) is 5.69 Å². The summed E-state index contributed by atoms with van der Waals surface area (Å²) in [4.78, 5) is 23.0. The Hall–Kier alpha value is -1.95. The van der Waals surface area contributed by atoms with Gasteiger partial charge in [-0.2, -0.15) is 0 Å². The number of nitro benzene ring substituents is 1. The van der Waals surface area contributed by atoms with Crippen molar-refractivity contribution in [2.45, 2.75) is 27.2 Å². The van der Waals surface area contributed by atoms with Crippen LogP contribution < -0.4 is 10.6 Å². The molecule has 108 valence electrons. The molecule has 2 rings (SSSR count). The minimum Gasteiger partial charge on any atom is -0.320 e. The molecule has 1 heterocycles. The minimum absolute atomic E-state index is 0.0593. The van der Waals surface area contributed by atoms with E-state index in [2.05, 4.69) is 10.6 Å². The van der Waals surface area contributed by atoms with Gasteiger partial charge in [0.25, 0.3) is 5.69 Å². The zero-order valence-corrected chi connectivity index (χ0v) is 11.9. The number of hydrogen-bond acceptors (Lipinski definition) is 4. The molecule has 0 aromatic heterocycles. The molecule has 20 heavy (non-hydrogen) atoms. The van der Waals surface area contributed by atoms with Gasteiger partial charge in [-0.15, -0.1) is 0 Å². The number of rotatable bonds is 3. The number of benzene rings is 1. The molecule has 0 spiro atoms. The van der Waals surface area contributed by atoms with Crippen LogP contribution in [0.25, 0.3) is 0 Å².